The summed E-state index contributed by atoms with van der Waals surface area (Å²) >= 11 is 0. The van der Waals surface area contributed by atoms with Gasteiger partial charge in [-0.2, -0.15) is 0 Å². The maximum atomic E-state index is 12.4. The largest absolute Gasteiger partial charge is 0.497 e. The summed E-state index contributed by atoms with van der Waals surface area (Å²) < 4.78 is 5.09. The Labute approximate surface area is 131 Å². The number of ether oxygens (including phenoxy) is 1. The maximum absolute atomic E-state index is 12.4. The molecule has 1 aromatic rings. The van der Waals surface area contributed by atoms with Gasteiger partial charge in [0.1, 0.15) is 5.75 Å². The molecule has 0 radical (unpaired) electrons. The highest BCUT2D eigenvalue weighted by atomic mass is 16.5. The highest BCUT2D eigenvalue weighted by molar-refractivity contribution is 5.94. The van der Waals surface area contributed by atoms with E-state index in [1.165, 1.54) is 6.08 Å². The quantitative estimate of drug-likeness (QED) is 0.779. The summed E-state index contributed by atoms with van der Waals surface area (Å²) in [7, 11) is 3.39. The number of carbonyl (C=O) groups is 2. The number of amides is 2. The Kier molecular flexibility index (Phi) is 5.20. The van der Waals surface area contributed by atoms with Gasteiger partial charge in [0.15, 0.2) is 0 Å². The third-order valence-electron chi connectivity index (χ3n) is 3.99. The van der Waals surface area contributed by atoms with Crippen LogP contribution < -0.4 is 4.74 Å². The summed E-state index contributed by atoms with van der Waals surface area (Å²) in [6.45, 7) is 5.57. The van der Waals surface area contributed by atoms with Crippen LogP contribution >= 0.6 is 0 Å². The van der Waals surface area contributed by atoms with Gasteiger partial charge in [-0.15, -0.1) is 0 Å². The lowest BCUT2D eigenvalue weighted by Crippen LogP contribution is -2.34. The summed E-state index contributed by atoms with van der Waals surface area (Å²) in [6.07, 6.45) is 2.26. The lowest BCUT2D eigenvalue weighted by Gasteiger charge is -2.21. The van der Waals surface area contributed by atoms with E-state index in [4.69, 9.17) is 4.74 Å². The van der Waals surface area contributed by atoms with Gasteiger partial charge in [0.05, 0.1) is 7.11 Å². The molecule has 0 aromatic heterocycles. The molecule has 1 aliphatic heterocycles. The molecule has 5 nitrogen and oxygen atoms in total. The second kappa shape index (κ2) is 7.11. The first-order valence-corrected chi connectivity index (χ1v) is 7.36. The van der Waals surface area contributed by atoms with E-state index in [1.54, 1.807) is 48.2 Å². The second-order valence-corrected chi connectivity index (χ2v) is 5.56. The number of carbonyl (C=O) groups excluding carboxylic acids is 2. The van der Waals surface area contributed by atoms with Crippen molar-refractivity contribution in [3.8, 4) is 5.75 Å². The van der Waals surface area contributed by atoms with Crippen molar-refractivity contribution >= 4 is 11.8 Å². The normalized spacial score (nSPS) is 17.2. The average molecular weight is 302 g/mol. The molecule has 1 heterocycles. The van der Waals surface area contributed by atoms with E-state index in [9.17, 15) is 9.59 Å². The summed E-state index contributed by atoms with van der Waals surface area (Å²) in [5.41, 5.74) is 0.639. The molecule has 1 atom stereocenters. The molecule has 0 N–H and O–H groups in total. The fraction of sp³-hybridized carbons (Fsp3) is 0.412. The highest BCUT2D eigenvalue weighted by Crippen LogP contribution is 2.19. The average Bonchev–Trinajstić information content (AvgIpc) is 3.01. The molecule has 0 spiro atoms. The Hall–Kier alpha value is -2.30. The number of nitrogens with zero attached hydrogens (tertiary/aromatic N) is 2. The van der Waals surface area contributed by atoms with Crippen molar-refractivity contribution in [2.24, 2.45) is 5.92 Å². The van der Waals surface area contributed by atoms with Crippen LogP contribution in [0, 0.1) is 5.92 Å². The fourth-order valence-electron chi connectivity index (χ4n) is 2.74. The summed E-state index contributed by atoms with van der Waals surface area (Å²) in [4.78, 5) is 27.5. The fourth-order valence-corrected chi connectivity index (χ4v) is 2.74. The Balaban J connectivity index is 1.91. The van der Waals surface area contributed by atoms with Gasteiger partial charge in [-0.05, 0) is 42.7 Å². The minimum atomic E-state index is -0.0355. The molecule has 0 bridgehead atoms. The predicted molar refractivity (Wildman–Crippen MR) is 84.8 cm³/mol. The monoisotopic (exact) mass is 302 g/mol. The van der Waals surface area contributed by atoms with Crippen molar-refractivity contribution < 1.29 is 14.3 Å². The van der Waals surface area contributed by atoms with Crippen LogP contribution in [0.25, 0.3) is 0 Å². The summed E-state index contributed by atoms with van der Waals surface area (Å²) in [5.74, 6) is 0.993. The molecule has 2 amide bonds. The highest BCUT2D eigenvalue weighted by Gasteiger charge is 2.27. The van der Waals surface area contributed by atoms with E-state index in [0.29, 0.717) is 24.6 Å². The van der Waals surface area contributed by atoms with Crippen molar-refractivity contribution in [2.75, 3.05) is 33.8 Å². The number of rotatable bonds is 5. The lowest BCUT2D eigenvalue weighted by atomic mass is 10.1. The molecule has 5 heteroatoms. The van der Waals surface area contributed by atoms with Crippen LogP contribution in [0.1, 0.15) is 16.8 Å². The number of benzene rings is 1. The van der Waals surface area contributed by atoms with Crippen LogP contribution in [0.15, 0.2) is 36.9 Å². The van der Waals surface area contributed by atoms with E-state index in [-0.39, 0.29) is 11.8 Å². The van der Waals surface area contributed by atoms with Crippen LogP contribution in [-0.2, 0) is 4.79 Å². The van der Waals surface area contributed by atoms with Gasteiger partial charge < -0.3 is 14.5 Å². The Morgan fingerprint density at radius 3 is 2.68 bits per heavy atom. The number of methoxy groups -OCH3 is 1. The van der Waals surface area contributed by atoms with Gasteiger partial charge in [-0.25, -0.2) is 0 Å². The third-order valence-corrected chi connectivity index (χ3v) is 3.99. The first kappa shape index (κ1) is 16.1. The molecule has 1 aliphatic rings. The Morgan fingerprint density at radius 1 is 1.41 bits per heavy atom. The number of hydrogen-bond donors (Lipinski definition) is 0. The van der Waals surface area contributed by atoms with Crippen LogP contribution in [-0.4, -0.2) is 55.4 Å². The number of hydrogen-bond acceptors (Lipinski definition) is 3. The van der Waals surface area contributed by atoms with E-state index in [2.05, 4.69) is 6.58 Å². The zero-order valence-corrected chi connectivity index (χ0v) is 13.1. The molecule has 1 fully saturated rings. The van der Waals surface area contributed by atoms with Crippen molar-refractivity contribution in [3.63, 3.8) is 0 Å². The smallest absolute Gasteiger partial charge is 0.253 e. The zero-order chi connectivity index (χ0) is 16.1. The van der Waals surface area contributed by atoms with Crippen molar-refractivity contribution in [1.29, 1.82) is 0 Å². The first-order valence-electron chi connectivity index (χ1n) is 7.36. The Morgan fingerprint density at radius 2 is 2.09 bits per heavy atom. The van der Waals surface area contributed by atoms with Crippen LogP contribution in [0.5, 0.6) is 5.75 Å². The number of likely N-dealkylation sites (tertiary alicyclic amines) is 1. The van der Waals surface area contributed by atoms with Gasteiger partial charge in [0.2, 0.25) is 5.91 Å². The van der Waals surface area contributed by atoms with E-state index < -0.39 is 0 Å². The van der Waals surface area contributed by atoms with E-state index >= 15 is 0 Å². The van der Waals surface area contributed by atoms with E-state index in [0.717, 1.165) is 18.7 Å². The Bertz CT molecular complexity index is 554. The molecule has 0 aliphatic carbocycles. The molecule has 118 valence electrons. The van der Waals surface area contributed by atoms with Crippen LogP contribution in [0.2, 0.25) is 0 Å². The SMILES string of the molecule is C=CC(=O)N1CCC(CN(C)C(=O)c2ccc(OC)cc2)C1. The molecular formula is C17H22N2O3. The van der Waals surface area contributed by atoms with Crippen molar-refractivity contribution in [1.82, 2.24) is 9.80 Å². The van der Waals surface area contributed by atoms with Gasteiger partial charge in [0, 0.05) is 32.2 Å². The van der Waals surface area contributed by atoms with Crippen molar-refractivity contribution in [2.45, 2.75) is 6.42 Å². The third kappa shape index (κ3) is 3.67. The summed E-state index contributed by atoms with van der Waals surface area (Å²) in [5, 5.41) is 0. The predicted octanol–water partition coefficient (Wildman–Crippen LogP) is 1.80. The van der Waals surface area contributed by atoms with Gasteiger partial charge >= 0.3 is 0 Å². The summed E-state index contributed by atoms with van der Waals surface area (Å²) in [6, 6.07) is 7.09. The van der Waals surface area contributed by atoms with Gasteiger partial charge in [0.25, 0.3) is 5.91 Å². The molecule has 1 saturated heterocycles. The molecular weight excluding hydrogens is 280 g/mol. The van der Waals surface area contributed by atoms with Crippen LogP contribution in [0.3, 0.4) is 0 Å². The maximum Gasteiger partial charge on any atom is 0.253 e. The molecule has 0 saturated carbocycles. The van der Waals surface area contributed by atoms with Crippen LogP contribution in [0.4, 0.5) is 0 Å². The molecule has 1 aromatic carbocycles. The van der Waals surface area contributed by atoms with Gasteiger partial charge in [-0.1, -0.05) is 6.58 Å². The van der Waals surface area contributed by atoms with Crippen molar-refractivity contribution in [3.05, 3.63) is 42.5 Å². The molecule has 22 heavy (non-hydrogen) atoms. The minimum Gasteiger partial charge on any atom is -0.497 e. The van der Waals surface area contributed by atoms with E-state index in [1.807, 2.05) is 0 Å². The lowest BCUT2D eigenvalue weighted by molar-refractivity contribution is -0.125. The topological polar surface area (TPSA) is 49.9 Å². The second-order valence-electron chi connectivity index (χ2n) is 5.56. The minimum absolute atomic E-state index is 0.0175. The first-order chi connectivity index (χ1) is 10.5. The molecule has 2 rings (SSSR count). The standard InChI is InChI=1S/C17H22N2O3/c1-4-16(20)19-10-9-13(12-19)11-18(2)17(21)14-5-7-15(22-3)8-6-14/h4-8,13H,1,9-12H2,2-3H3. The van der Waals surface area contributed by atoms with Gasteiger partial charge in [-0.3, -0.25) is 9.59 Å². The zero-order valence-electron chi connectivity index (χ0n) is 13.1. The molecule has 1 unspecified atom stereocenters.